The van der Waals surface area contributed by atoms with Crippen molar-refractivity contribution in [1.29, 1.82) is 0 Å². The van der Waals surface area contributed by atoms with Gasteiger partial charge in [-0.05, 0) is 30.8 Å². The molecule has 9 nitrogen and oxygen atoms in total. The Kier molecular flexibility index (Phi) is 9.42. The Morgan fingerprint density at radius 2 is 1.83 bits per heavy atom. The summed E-state index contributed by atoms with van der Waals surface area (Å²) in [6.45, 7) is 7.37. The van der Waals surface area contributed by atoms with E-state index in [0.717, 1.165) is 6.42 Å². The zero-order chi connectivity index (χ0) is 18.0. The number of carbonyl (C=O) groups is 2. The lowest BCUT2D eigenvalue weighted by atomic mass is 9.95. The van der Waals surface area contributed by atoms with Crippen LogP contribution in [0.25, 0.3) is 0 Å². The molecular weight excluding hydrogens is 304 g/mol. The number of carbonyl (C=O) groups excluding carboxylic acids is 2. The molecule has 7 N–H and O–H groups in total. The van der Waals surface area contributed by atoms with E-state index >= 15 is 0 Å². The van der Waals surface area contributed by atoms with E-state index in [4.69, 9.17) is 21.9 Å². The molecule has 0 aromatic rings. The predicted octanol–water partition coefficient (Wildman–Crippen LogP) is 0.158. The summed E-state index contributed by atoms with van der Waals surface area (Å²) in [6.07, 6.45) is 1.67. The lowest BCUT2D eigenvalue weighted by molar-refractivity contribution is -0.253. The van der Waals surface area contributed by atoms with Gasteiger partial charge < -0.3 is 21.0 Å². The third-order valence-electron chi connectivity index (χ3n) is 3.53. The molecule has 0 aliphatic heterocycles. The highest BCUT2D eigenvalue weighted by atomic mass is 17.0. The summed E-state index contributed by atoms with van der Waals surface area (Å²) in [6, 6.07) is 0. The standard InChI is InChI=1S/C14H28N4O5/c1-5-9(4)8-10(15)11(19)22-18-23-13(16)21-12(20)14(17,6-2)7-3/h8-9,13,18H,5-7,15-17H2,1-4H3/b10-8-. The first-order chi connectivity index (χ1) is 10.7. The van der Waals surface area contributed by atoms with Gasteiger partial charge in [0.2, 0.25) is 0 Å². The summed E-state index contributed by atoms with van der Waals surface area (Å²) in [4.78, 5) is 32.5. The van der Waals surface area contributed by atoms with E-state index in [0.29, 0.717) is 12.8 Å². The van der Waals surface area contributed by atoms with Crippen molar-refractivity contribution in [2.75, 3.05) is 0 Å². The third kappa shape index (κ3) is 7.42. The Balaban J connectivity index is 4.26. The average molecular weight is 332 g/mol. The number of esters is 1. The summed E-state index contributed by atoms with van der Waals surface area (Å²) in [7, 11) is 0. The maximum absolute atomic E-state index is 11.8. The van der Waals surface area contributed by atoms with Crippen LogP contribution >= 0.6 is 0 Å². The molecule has 0 saturated heterocycles. The van der Waals surface area contributed by atoms with Crippen molar-refractivity contribution >= 4 is 11.9 Å². The van der Waals surface area contributed by atoms with Gasteiger partial charge in [-0.15, -0.1) is 0 Å². The van der Waals surface area contributed by atoms with E-state index < -0.39 is 23.9 Å². The first kappa shape index (κ1) is 21.3. The zero-order valence-corrected chi connectivity index (χ0v) is 14.1. The summed E-state index contributed by atoms with van der Waals surface area (Å²) in [5.41, 5.74) is 17.4. The van der Waals surface area contributed by atoms with Crippen LogP contribution in [0, 0.1) is 5.92 Å². The Morgan fingerprint density at radius 3 is 2.30 bits per heavy atom. The van der Waals surface area contributed by atoms with Crippen molar-refractivity contribution in [3.8, 4) is 0 Å². The molecule has 134 valence electrons. The predicted molar refractivity (Wildman–Crippen MR) is 83.6 cm³/mol. The molecule has 0 aromatic heterocycles. The van der Waals surface area contributed by atoms with E-state index in [-0.39, 0.29) is 11.6 Å². The molecule has 2 unspecified atom stereocenters. The van der Waals surface area contributed by atoms with Gasteiger partial charge in [0.25, 0.3) is 6.41 Å². The van der Waals surface area contributed by atoms with Crippen molar-refractivity contribution in [3.05, 3.63) is 11.8 Å². The fraction of sp³-hybridized carbons (Fsp3) is 0.714. The minimum absolute atomic E-state index is 0.0704. The van der Waals surface area contributed by atoms with Crippen molar-refractivity contribution in [2.24, 2.45) is 23.1 Å². The largest absolute Gasteiger partial charge is 0.419 e. The Labute approximate surface area is 136 Å². The quantitative estimate of drug-likeness (QED) is 0.190. The molecule has 0 amide bonds. The van der Waals surface area contributed by atoms with E-state index in [9.17, 15) is 9.59 Å². The van der Waals surface area contributed by atoms with Gasteiger partial charge in [-0.25, -0.2) is 14.4 Å². The fourth-order valence-electron chi connectivity index (χ4n) is 1.45. The third-order valence-corrected chi connectivity index (χ3v) is 3.53. The Morgan fingerprint density at radius 1 is 1.26 bits per heavy atom. The van der Waals surface area contributed by atoms with E-state index in [1.807, 2.05) is 19.5 Å². The van der Waals surface area contributed by atoms with Crippen LogP contribution in [0.4, 0.5) is 0 Å². The van der Waals surface area contributed by atoms with Crippen LogP contribution in [-0.4, -0.2) is 23.9 Å². The van der Waals surface area contributed by atoms with Gasteiger partial charge in [-0.1, -0.05) is 33.8 Å². The van der Waals surface area contributed by atoms with Gasteiger partial charge in [-0.3, -0.25) is 5.73 Å². The second-order valence-corrected chi connectivity index (χ2v) is 5.24. The molecule has 0 aromatic carbocycles. The molecule has 0 fully saturated rings. The first-order valence-corrected chi connectivity index (χ1v) is 7.54. The molecular formula is C14H28N4O5. The molecule has 0 saturated carbocycles. The van der Waals surface area contributed by atoms with Gasteiger partial charge in [0.05, 0.1) is 0 Å². The van der Waals surface area contributed by atoms with Crippen LogP contribution < -0.4 is 22.8 Å². The number of ether oxygens (including phenoxy) is 1. The number of nitrogens with two attached hydrogens (primary N) is 3. The topological polar surface area (TPSA) is 152 Å². The van der Waals surface area contributed by atoms with Gasteiger partial charge in [0.1, 0.15) is 11.2 Å². The van der Waals surface area contributed by atoms with Gasteiger partial charge >= 0.3 is 11.9 Å². The van der Waals surface area contributed by atoms with Crippen LogP contribution in [0.5, 0.6) is 0 Å². The number of allylic oxidation sites excluding steroid dienone is 1. The van der Waals surface area contributed by atoms with Crippen LogP contribution in [0.1, 0.15) is 47.0 Å². The molecule has 0 aliphatic rings. The summed E-state index contributed by atoms with van der Waals surface area (Å²) < 4.78 is 4.81. The fourth-order valence-corrected chi connectivity index (χ4v) is 1.45. The van der Waals surface area contributed by atoms with Crippen molar-refractivity contribution < 1.29 is 24.0 Å². The Hall–Kier alpha value is -1.68. The van der Waals surface area contributed by atoms with Gasteiger partial charge in [0, 0.05) is 0 Å². The molecule has 23 heavy (non-hydrogen) atoms. The monoisotopic (exact) mass is 332 g/mol. The van der Waals surface area contributed by atoms with Crippen LogP contribution in [0.3, 0.4) is 0 Å². The summed E-state index contributed by atoms with van der Waals surface area (Å²) in [5.74, 6) is -1.41. The first-order valence-electron chi connectivity index (χ1n) is 7.54. The van der Waals surface area contributed by atoms with E-state index in [1.165, 1.54) is 0 Å². The lowest BCUT2D eigenvalue weighted by Crippen LogP contribution is -2.51. The normalized spacial score (nSPS) is 15.0. The molecule has 2 atom stereocenters. The summed E-state index contributed by atoms with van der Waals surface area (Å²) >= 11 is 0. The van der Waals surface area contributed by atoms with Crippen LogP contribution in [0.2, 0.25) is 0 Å². The smallest absolute Gasteiger partial charge is 0.374 e. The number of hydrogen-bond donors (Lipinski definition) is 4. The molecule has 0 spiro atoms. The molecule has 0 rings (SSSR count). The molecule has 0 radical (unpaired) electrons. The maximum Gasteiger partial charge on any atom is 0.374 e. The second-order valence-electron chi connectivity index (χ2n) is 5.24. The number of hydrogen-bond acceptors (Lipinski definition) is 9. The van der Waals surface area contributed by atoms with E-state index in [2.05, 4.69) is 9.68 Å². The number of rotatable bonds is 10. The van der Waals surface area contributed by atoms with Crippen LogP contribution in [-0.2, 0) is 24.0 Å². The minimum Gasteiger partial charge on any atom is -0.419 e. The average Bonchev–Trinajstić information content (AvgIpc) is 2.53. The highest BCUT2D eigenvalue weighted by Crippen LogP contribution is 2.13. The van der Waals surface area contributed by atoms with Gasteiger partial charge in [-0.2, -0.15) is 0 Å². The van der Waals surface area contributed by atoms with Crippen molar-refractivity contribution in [1.82, 2.24) is 5.64 Å². The number of nitrogens with one attached hydrogen (secondary N) is 1. The van der Waals surface area contributed by atoms with Crippen LogP contribution in [0.15, 0.2) is 11.8 Å². The van der Waals surface area contributed by atoms with Crippen molar-refractivity contribution in [2.45, 2.75) is 58.9 Å². The van der Waals surface area contributed by atoms with Crippen molar-refractivity contribution in [3.63, 3.8) is 0 Å². The molecule has 0 heterocycles. The molecule has 9 heteroatoms. The summed E-state index contributed by atoms with van der Waals surface area (Å²) in [5, 5.41) is 0. The highest BCUT2D eigenvalue weighted by molar-refractivity contribution is 5.87. The molecule has 0 bridgehead atoms. The van der Waals surface area contributed by atoms with Gasteiger partial charge in [0.15, 0.2) is 0 Å². The maximum atomic E-state index is 11.8. The lowest BCUT2D eigenvalue weighted by Gasteiger charge is -2.25. The highest BCUT2D eigenvalue weighted by Gasteiger charge is 2.33. The zero-order valence-electron chi connectivity index (χ0n) is 14.1. The Bertz CT molecular complexity index is 423. The molecule has 0 aliphatic carbocycles. The minimum atomic E-state index is -1.49. The second kappa shape index (κ2) is 10.2. The van der Waals surface area contributed by atoms with E-state index in [1.54, 1.807) is 19.9 Å². The SMILES string of the molecule is CCC(C)/C=C(\N)C(=O)ONOC(N)OC(=O)C(N)(CC)CC.